The molecular formula is C5H7NOS. The normalized spacial score (nSPS) is 34.0. The maximum Gasteiger partial charge on any atom is 0.139 e. The van der Waals surface area contributed by atoms with Gasteiger partial charge < -0.3 is 4.74 Å². The van der Waals surface area contributed by atoms with Crippen LogP contribution in [-0.2, 0) is 4.74 Å². The second-order valence-corrected chi connectivity index (χ2v) is 2.80. The largest absolute Gasteiger partial charge is 0.480 e. The quantitative estimate of drug-likeness (QED) is 0.515. The van der Waals surface area contributed by atoms with Gasteiger partial charge in [0.05, 0.1) is 6.04 Å². The number of rotatable bonds is 0. The highest BCUT2D eigenvalue weighted by Gasteiger charge is 2.25. The summed E-state index contributed by atoms with van der Waals surface area (Å²) in [6.45, 7) is 0.705. The second kappa shape index (κ2) is 1.67. The van der Waals surface area contributed by atoms with Crippen molar-refractivity contribution < 1.29 is 4.74 Å². The molecule has 0 spiro atoms. The number of hydrogen-bond acceptors (Lipinski definition) is 3. The molecule has 0 bridgehead atoms. The fourth-order valence-electron chi connectivity index (χ4n) is 0.910. The molecule has 0 amide bonds. The molecule has 8 heavy (non-hydrogen) atoms. The predicted octanol–water partition coefficient (Wildman–Crippen LogP) is 0.520. The molecule has 3 heteroatoms. The van der Waals surface area contributed by atoms with Crippen LogP contribution in [0.4, 0.5) is 0 Å². The fraction of sp³-hybridized carbons (Fsp3) is 0.600. The zero-order valence-corrected chi connectivity index (χ0v) is 5.20. The van der Waals surface area contributed by atoms with Crippen molar-refractivity contribution in [2.75, 3.05) is 12.5 Å². The number of nitrogens with one attached hydrogen (secondary N) is 1. The van der Waals surface area contributed by atoms with E-state index in [2.05, 4.69) is 10.7 Å². The van der Waals surface area contributed by atoms with Crippen molar-refractivity contribution in [1.29, 1.82) is 0 Å². The molecule has 0 aromatic rings. The Morgan fingerprint density at radius 3 is 3.75 bits per heavy atom. The van der Waals surface area contributed by atoms with Gasteiger partial charge in [-0.25, -0.2) is 0 Å². The van der Waals surface area contributed by atoms with Crippen LogP contribution in [0.15, 0.2) is 11.2 Å². The van der Waals surface area contributed by atoms with Crippen LogP contribution in [0.25, 0.3) is 0 Å². The molecule has 0 aliphatic carbocycles. The molecule has 1 N–H and O–H groups in total. The van der Waals surface area contributed by atoms with Crippen LogP contribution in [-0.4, -0.2) is 18.5 Å². The Labute approximate surface area is 52.3 Å². The van der Waals surface area contributed by atoms with E-state index in [1.165, 1.54) is 0 Å². The van der Waals surface area contributed by atoms with Gasteiger partial charge in [0.15, 0.2) is 0 Å². The minimum Gasteiger partial charge on any atom is -0.480 e. The zero-order chi connectivity index (χ0) is 5.40. The van der Waals surface area contributed by atoms with E-state index >= 15 is 0 Å². The minimum absolute atomic E-state index is 0.528. The van der Waals surface area contributed by atoms with Gasteiger partial charge in [0.1, 0.15) is 12.5 Å². The van der Waals surface area contributed by atoms with Crippen LogP contribution in [0.1, 0.15) is 0 Å². The summed E-state index contributed by atoms with van der Waals surface area (Å²) in [6, 6.07) is 0.528. The van der Waals surface area contributed by atoms with Gasteiger partial charge in [-0.15, -0.1) is 11.8 Å². The summed E-state index contributed by atoms with van der Waals surface area (Å²) in [4.78, 5) is 0. The van der Waals surface area contributed by atoms with Gasteiger partial charge in [-0.1, -0.05) is 0 Å². The van der Waals surface area contributed by atoms with Crippen molar-refractivity contribution in [2.24, 2.45) is 0 Å². The van der Waals surface area contributed by atoms with E-state index in [1.54, 1.807) is 0 Å². The lowest BCUT2D eigenvalue weighted by Gasteiger charge is -1.96. The lowest BCUT2D eigenvalue weighted by atomic mass is 10.3. The molecule has 1 saturated heterocycles. The van der Waals surface area contributed by atoms with E-state index in [0.29, 0.717) is 12.8 Å². The molecule has 0 aromatic heterocycles. The third-order valence-electron chi connectivity index (χ3n) is 1.37. The fourth-order valence-corrected chi connectivity index (χ4v) is 1.88. The topological polar surface area (TPSA) is 21.3 Å². The SMILES string of the molecule is C1=C2OCNC2CS1. The van der Waals surface area contributed by atoms with E-state index in [0.717, 1.165) is 11.5 Å². The third kappa shape index (κ3) is 0.548. The van der Waals surface area contributed by atoms with Crippen LogP contribution in [0, 0.1) is 0 Å². The summed E-state index contributed by atoms with van der Waals surface area (Å²) in [6.07, 6.45) is 0. The minimum atomic E-state index is 0.528. The number of fused-ring (bicyclic) bond motifs is 1. The summed E-state index contributed by atoms with van der Waals surface area (Å²) in [7, 11) is 0. The Balaban J connectivity index is 2.20. The molecule has 0 aromatic carbocycles. The first-order valence-electron chi connectivity index (χ1n) is 2.65. The van der Waals surface area contributed by atoms with Crippen LogP contribution in [0.5, 0.6) is 0 Å². The lowest BCUT2D eigenvalue weighted by molar-refractivity contribution is 0.254. The average Bonchev–Trinajstić information content (AvgIpc) is 2.15. The Morgan fingerprint density at radius 2 is 2.88 bits per heavy atom. The molecule has 2 heterocycles. The average molecular weight is 129 g/mol. The van der Waals surface area contributed by atoms with E-state index in [-0.39, 0.29) is 0 Å². The first-order valence-corrected chi connectivity index (χ1v) is 3.69. The van der Waals surface area contributed by atoms with Crippen molar-refractivity contribution in [3.05, 3.63) is 11.2 Å². The molecule has 2 aliphatic heterocycles. The third-order valence-corrected chi connectivity index (χ3v) is 2.30. The Kier molecular flexibility index (Phi) is 0.981. The van der Waals surface area contributed by atoms with Crippen molar-refractivity contribution in [2.45, 2.75) is 6.04 Å². The monoisotopic (exact) mass is 129 g/mol. The maximum atomic E-state index is 5.21. The van der Waals surface area contributed by atoms with Gasteiger partial charge in [-0.05, 0) is 0 Å². The molecule has 1 atom stereocenters. The molecule has 0 saturated carbocycles. The summed E-state index contributed by atoms with van der Waals surface area (Å²) in [5, 5.41) is 5.30. The predicted molar refractivity (Wildman–Crippen MR) is 33.4 cm³/mol. The molecule has 44 valence electrons. The first-order chi connectivity index (χ1) is 3.97. The van der Waals surface area contributed by atoms with E-state index in [9.17, 15) is 0 Å². The highest BCUT2D eigenvalue weighted by Crippen LogP contribution is 2.25. The highest BCUT2D eigenvalue weighted by atomic mass is 32.2. The highest BCUT2D eigenvalue weighted by molar-refractivity contribution is 8.02. The number of thioether (sulfide) groups is 1. The number of ether oxygens (including phenoxy) is 1. The summed E-state index contributed by atoms with van der Waals surface area (Å²) in [5.41, 5.74) is 0. The Hall–Kier alpha value is -0.150. The summed E-state index contributed by atoms with van der Waals surface area (Å²) in [5.74, 6) is 2.28. The van der Waals surface area contributed by atoms with Crippen molar-refractivity contribution in [1.82, 2.24) is 5.32 Å². The van der Waals surface area contributed by atoms with Crippen LogP contribution in [0.2, 0.25) is 0 Å². The Morgan fingerprint density at radius 1 is 1.88 bits per heavy atom. The van der Waals surface area contributed by atoms with Gasteiger partial charge in [0.25, 0.3) is 0 Å². The zero-order valence-electron chi connectivity index (χ0n) is 4.39. The molecular weight excluding hydrogens is 122 g/mol. The van der Waals surface area contributed by atoms with Gasteiger partial charge >= 0.3 is 0 Å². The van der Waals surface area contributed by atoms with Crippen molar-refractivity contribution in [3.63, 3.8) is 0 Å². The van der Waals surface area contributed by atoms with Crippen LogP contribution in [0.3, 0.4) is 0 Å². The molecule has 1 fully saturated rings. The van der Waals surface area contributed by atoms with E-state index < -0.39 is 0 Å². The molecule has 0 radical (unpaired) electrons. The van der Waals surface area contributed by atoms with E-state index in [4.69, 9.17) is 4.74 Å². The lowest BCUT2D eigenvalue weighted by Crippen LogP contribution is -2.22. The Bertz CT molecular complexity index is 134. The standard InChI is InChI=1S/C5H7NOS/c1-4-5(2-8-1)7-3-6-4/h2,4,6H,1,3H2. The van der Waals surface area contributed by atoms with E-state index in [1.807, 2.05) is 11.8 Å². The van der Waals surface area contributed by atoms with Crippen LogP contribution >= 0.6 is 11.8 Å². The summed E-state index contributed by atoms with van der Waals surface area (Å²) < 4.78 is 5.21. The van der Waals surface area contributed by atoms with Gasteiger partial charge in [-0.3, -0.25) is 5.32 Å². The van der Waals surface area contributed by atoms with Gasteiger partial charge in [0, 0.05) is 11.2 Å². The van der Waals surface area contributed by atoms with Gasteiger partial charge in [0.2, 0.25) is 0 Å². The molecule has 1 unspecified atom stereocenters. The van der Waals surface area contributed by atoms with Crippen molar-refractivity contribution >= 4 is 11.8 Å². The van der Waals surface area contributed by atoms with Gasteiger partial charge in [-0.2, -0.15) is 0 Å². The maximum absolute atomic E-state index is 5.21. The molecule has 2 nitrogen and oxygen atoms in total. The smallest absolute Gasteiger partial charge is 0.139 e. The molecule has 2 aliphatic rings. The number of hydrogen-bond donors (Lipinski definition) is 1. The van der Waals surface area contributed by atoms with Crippen molar-refractivity contribution in [3.8, 4) is 0 Å². The summed E-state index contributed by atoms with van der Waals surface area (Å²) >= 11 is 1.82. The first kappa shape index (κ1) is 4.70. The second-order valence-electron chi connectivity index (χ2n) is 1.90. The molecule has 2 rings (SSSR count). The van der Waals surface area contributed by atoms with Crippen LogP contribution < -0.4 is 5.32 Å².